The van der Waals surface area contributed by atoms with Gasteiger partial charge in [-0.05, 0) is 39.8 Å². The Labute approximate surface area is 232 Å². The Morgan fingerprint density at radius 2 is 0.941 bits per heavy atom. The van der Waals surface area contributed by atoms with E-state index >= 15 is 0 Å². The van der Waals surface area contributed by atoms with Crippen LogP contribution in [0.1, 0.15) is 35.1 Å². The fourth-order valence-corrected chi connectivity index (χ4v) is 2.52. The van der Waals surface area contributed by atoms with Gasteiger partial charge in [0.05, 0.1) is 82.7 Å². The quantitative estimate of drug-likeness (QED) is 0.305. The maximum absolute atomic E-state index is 5.97. The maximum Gasteiger partial charge on any atom is 0.155 e. The van der Waals surface area contributed by atoms with Gasteiger partial charge in [-0.25, -0.2) is 0 Å². The van der Waals surface area contributed by atoms with Gasteiger partial charge >= 0.3 is 0 Å². The summed E-state index contributed by atoms with van der Waals surface area (Å²) < 4.78 is 14.3. The third kappa shape index (κ3) is 45.3. The molecule has 0 aliphatic heterocycles. The van der Waals surface area contributed by atoms with Crippen molar-refractivity contribution in [2.24, 2.45) is 0 Å². The molecule has 0 heterocycles. The van der Waals surface area contributed by atoms with E-state index in [9.17, 15) is 0 Å². The smallest absolute Gasteiger partial charge is 0.155 e. The van der Waals surface area contributed by atoms with Crippen molar-refractivity contribution in [2.75, 3.05) is 83.6 Å². The molecule has 210 valence electrons. The van der Waals surface area contributed by atoms with Gasteiger partial charge in [0.2, 0.25) is 0 Å². The van der Waals surface area contributed by atoms with Crippen LogP contribution < -0.4 is 42.0 Å². The maximum atomic E-state index is 5.97. The first-order chi connectivity index (χ1) is 13.3. The molecule has 0 bridgehead atoms. The zero-order chi connectivity index (χ0) is 24.2. The topological polar surface area (TPSA) is 18.5 Å². The molecule has 8 heteroatoms. The van der Waals surface area contributed by atoms with Crippen molar-refractivity contribution in [1.82, 2.24) is 0 Å². The van der Waals surface area contributed by atoms with E-state index in [4.69, 9.17) is 9.47 Å². The summed E-state index contributed by atoms with van der Waals surface area (Å²) in [4.78, 5) is 0. The molecule has 34 heavy (non-hydrogen) atoms. The molecular formula is C26H58Cl3N3O2. The van der Waals surface area contributed by atoms with Gasteiger partial charge in [0.25, 0.3) is 0 Å². The van der Waals surface area contributed by atoms with E-state index in [1.165, 1.54) is 0 Å². The number of ether oxygens (including phenoxy) is 2. The number of para-hydroxylation sites is 1. The van der Waals surface area contributed by atoms with Gasteiger partial charge < -0.3 is 60.1 Å². The van der Waals surface area contributed by atoms with Crippen molar-refractivity contribution >= 4 is 0 Å². The molecule has 0 unspecified atom stereocenters. The third-order valence-electron chi connectivity index (χ3n) is 3.08. The van der Waals surface area contributed by atoms with Gasteiger partial charge in [-0.3, -0.25) is 0 Å². The van der Waals surface area contributed by atoms with Crippen molar-refractivity contribution in [1.29, 1.82) is 0 Å². The number of hydrogen-bond acceptors (Lipinski definition) is 2. The molecule has 0 spiro atoms. The molecule has 0 atom stereocenters. The van der Waals surface area contributed by atoms with Crippen LogP contribution in [0.25, 0.3) is 0 Å². The van der Waals surface area contributed by atoms with Gasteiger partial charge in [-0.1, -0.05) is 25.6 Å². The predicted molar refractivity (Wildman–Crippen MR) is 139 cm³/mol. The number of benzene rings is 1. The molecule has 0 amide bonds. The van der Waals surface area contributed by atoms with Crippen LogP contribution in [0, 0.1) is 0 Å². The molecule has 0 aromatic heterocycles. The summed E-state index contributed by atoms with van der Waals surface area (Å²) in [7, 11) is 21.8. The predicted octanol–water partition coefficient (Wildman–Crippen LogP) is -4.36. The Morgan fingerprint density at radius 1 is 0.618 bits per heavy atom. The monoisotopic (exact) mass is 549 g/mol. The van der Waals surface area contributed by atoms with E-state index in [0.29, 0.717) is 12.2 Å². The zero-order valence-electron chi connectivity index (χ0n) is 23.8. The van der Waals surface area contributed by atoms with E-state index < -0.39 is 0 Å². The van der Waals surface area contributed by atoms with E-state index in [-0.39, 0.29) is 50.8 Å². The average Bonchev–Trinajstić information content (AvgIpc) is 2.41. The highest BCUT2D eigenvalue weighted by Gasteiger charge is 2.25. The Bertz CT molecular complexity index is 517. The highest BCUT2D eigenvalue weighted by molar-refractivity contribution is 5.20. The van der Waals surface area contributed by atoms with E-state index in [2.05, 4.69) is 84.3 Å². The minimum absolute atomic E-state index is 0. The number of halogens is 3. The molecule has 1 aromatic rings. The average molecular weight is 551 g/mol. The number of nitrogens with zero attached hydrogens (tertiary/aromatic N) is 3. The van der Waals surface area contributed by atoms with Crippen molar-refractivity contribution in [3.05, 3.63) is 30.3 Å². The SMILES string of the molecule is C.CC(C)OC(C[N+](C)(C)C)C[N+](C)(C)C.CC(C)Oc1ccccc1.C[N+](C)(C)C.[Cl-].[Cl-].[Cl-]. The highest BCUT2D eigenvalue weighted by atomic mass is 35.5. The number of hydrogen-bond donors (Lipinski definition) is 0. The van der Waals surface area contributed by atoms with Gasteiger partial charge in [-0.2, -0.15) is 0 Å². The minimum atomic E-state index is 0. The lowest BCUT2D eigenvalue weighted by Gasteiger charge is -2.34. The summed E-state index contributed by atoms with van der Waals surface area (Å²) in [5.41, 5.74) is 0. The fraction of sp³-hybridized carbons (Fsp3) is 0.769. The molecule has 5 nitrogen and oxygen atoms in total. The molecule has 0 N–H and O–H groups in total. The molecule has 0 aliphatic carbocycles. The summed E-state index contributed by atoms with van der Waals surface area (Å²) in [5, 5.41) is 0. The highest BCUT2D eigenvalue weighted by Crippen LogP contribution is 2.10. The second-order valence-electron chi connectivity index (χ2n) is 11.9. The van der Waals surface area contributed by atoms with Crippen LogP contribution in [0.2, 0.25) is 0 Å². The lowest BCUT2D eigenvalue weighted by atomic mass is 10.2. The Balaban J connectivity index is -0.0000000904. The lowest BCUT2D eigenvalue weighted by Crippen LogP contribution is -3.00. The molecule has 0 saturated carbocycles. The van der Waals surface area contributed by atoms with Gasteiger partial charge in [0.15, 0.2) is 6.10 Å². The summed E-state index contributed by atoms with van der Waals surface area (Å²) in [6.45, 7) is 10.4. The minimum Gasteiger partial charge on any atom is -1.00 e. The standard InChI is InChI=1S/C12H30N2O.C9H12O.C4H12N.CH4.3ClH/c1-11(2)15-12(9-13(3,4)5)10-14(6,7)8;1-8(2)10-9-6-4-3-5-7-9;1-5(2,3)4;;;;/h11-12H,9-10H2,1-8H3;3-8H,1-2H3;1-4H3;1H4;3*1H/q+2;;+1;;;;/p-3. The number of likely N-dealkylation sites (N-methyl/N-ethyl adjacent to an activating group) is 2. The Morgan fingerprint density at radius 3 is 1.18 bits per heavy atom. The van der Waals surface area contributed by atoms with E-state index in [1.54, 1.807) is 0 Å². The zero-order valence-corrected chi connectivity index (χ0v) is 26.1. The lowest BCUT2D eigenvalue weighted by molar-refractivity contribution is -0.896. The molecule has 0 radical (unpaired) electrons. The van der Waals surface area contributed by atoms with Gasteiger partial charge in [-0.15, -0.1) is 0 Å². The van der Waals surface area contributed by atoms with Crippen molar-refractivity contribution in [3.8, 4) is 5.75 Å². The molecule has 1 aromatic carbocycles. The van der Waals surface area contributed by atoms with Gasteiger partial charge in [0.1, 0.15) is 18.8 Å². The molecule has 0 aliphatic rings. The van der Waals surface area contributed by atoms with Crippen molar-refractivity contribution in [3.63, 3.8) is 0 Å². The van der Waals surface area contributed by atoms with E-state index in [0.717, 1.165) is 32.3 Å². The summed E-state index contributed by atoms with van der Waals surface area (Å²) >= 11 is 0. The second-order valence-corrected chi connectivity index (χ2v) is 11.9. The Kier molecular flexibility index (Phi) is 30.4. The van der Waals surface area contributed by atoms with Crippen LogP contribution in [-0.4, -0.2) is 115 Å². The van der Waals surface area contributed by atoms with Crippen LogP contribution in [0.15, 0.2) is 30.3 Å². The van der Waals surface area contributed by atoms with Crippen LogP contribution in [0.4, 0.5) is 0 Å². The first-order valence-electron chi connectivity index (χ1n) is 11.1. The molecule has 1 rings (SSSR count). The van der Waals surface area contributed by atoms with Crippen LogP contribution in [0.5, 0.6) is 5.75 Å². The Hall–Kier alpha value is -0.270. The first kappa shape index (κ1) is 47.0. The van der Waals surface area contributed by atoms with E-state index in [1.807, 2.05) is 44.2 Å². The van der Waals surface area contributed by atoms with Crippen LogP contribution in [0.3, 0.4) is 0 Å². The summed E-state index contributed by atoms with van der Waals surface area (Å²) in [6, 6.07) is 9.84. The number of rotatable bonds is 8. The normalized spacial score (nSPS) is 10.9. The number of quaternary nitrogens is 3. The summed E-state index contributed by atoms with van der Waals surface area (Å²) in [5.74, 6) is 0.942. The van der Waals surface area contributed by atoms with Crippen molar-refractivity contribution in [2.45, 2.75) is 53.4 Å². The van der Waals surface area contributed by atoms with Crippen molar-refractivity contribution < 1.29 is 60.1 Å². The molecule has 0 saturated heterocycles. The summed E-state index contributed by atoms with van der Waals surface area (Å²) in [6.07, 6.45) is 0.917. The largest absolute Gasteiger partial charge is 1.00 e. The van der Waals surface area contributed by atoms with Crippen LogP contribution >= 0.6 is 0 Å². The third-order valence-corrected chi connectivity index (χ3v) is 3.08. The molecule has 0 fully saturated rings. The van der Waals surface area contributed by atoms with Gasteiger partial charge in [0, 0.05) is 0 Å². The second kappa shape index (κ2) is 22.0. The first-order valence-corrected chi connectivity index (χ1v) is 11.1. The molecular weight excluding hydrogens is 493 g/mol. The fourth-order valence-electron chi connectivity index (χ4n) is 2.52. The van der Waals surface area contributed by atoms with Crippen LogP contribution in [-0.2, 0) is 4.74 Å².